The molecule has 0 spiro atoms. The summed E-state index contributed by atoms with van der Waals surface area (Å²) in [5.74, 6) is 0. The van der Waals surface area contributed by atoms with Crippen LogP contribution < -0.4 is 0 Å². The maximum absolute atomic E-state index is 9.82. The molecule has 0 aromatic carbocycles. The van der Waals surface area contributed by atoms with Crippen molar-refractivity contribution < 1.29 is 44.7 Å². The molecule has 0 unspecified atom stereocenters. The van der Waals surface area contributed by atoms with Gasteiger partial charge in [0.25, 0.3) is 0 Å². The molecule has 0 rings (SSSR count). The van der Waals surface area contributed by atoms with Crippen molar-refractivity contribution in [1.29, 1.82) is 0 Å². The largest absolute Gasteiger partial charge is 0.394 e. The van der Waals surface area contributed by atoms with Gasteiger partial charge in [0.05, 0.1) is 12.7 Å². The van der Waals surface area contributed by atoms with Gasteiger partial charge in [-0.15, -0.1) is 0 Å². The number of carbonyl (C=O) groups is 1. The third kappa shape index (κ3) is 4.90. The molecule has 5 nitrogen and oxygen atoms in total. The van der Waals surface area contributed by atoms with Gasteiger partial charge < -0.3 is 25.2 Å². The Labute approximate surface area is 82.8 Å². The van der Waals surface area contributed by atoms with Crippen LogP contribution in [0.5, 0.6) is 0 Å². The fraction of sp³-hybridized carbons (Fsp3) is 0.833. The molecule has 0 aliphatic carbocycles. The van der Waals surface area contributed by atoms with Gasteiger partial charge >= 0.3 is 0 Å². The van der Waals surface area contributed by atoms with Crippen LogP contribution in [0.15, 0.2) is 0 Å². The van der Waals surface area contributed by atoms with E-state index in [9.17, 15) is 4.79 Å². The molecule has 0 aliphatic rings. The first-order chi connectivity index (χ1) is 5.13. The predicted molar refractivity (Wildman–Crippen MR) is 35.8 cm³/mol. The smallest absolute Gasteiger partial charge is 0.122 e. The van der Waals surface area contributed by atoms with E-state index in [0.29, 0.717) is 6.29 Å². The standard InChI is InChI=1S/C6H12O5.Zn/c7-2-1-4(9)6(11)5(10)3-8;/h2,4-6,8-11H,1,3H2;/t4-,5-,6+;/m1./s1. The summed E-state index contributed by atoms with van der Waals surface area (Å²) in [4.78, 5) is 9.82. The van der Waals surface area contributed by atoms with E-state index in [4.69, 9.17) is 20.4 Å². The Kier molecular flexibility index (Phi) is 9.48. The minimum Gasteiger partial charge on any atom is -0.394 e. The number of rotatable bonds is 5. The summed E-state index contributed by atoms with van der Waals surface area (Å²) in [6.07, 6.45) is -4.00. The van der Waals surface area contributed by atoms with Gasteiger partial charge in [-0.1, -0.05) is 0 Å². The number of aliphatic hydroxyl groups excluding tert-OH is 4. The molecule has 0 radical (unpaired) electrons. The van der Waals surface area contributed by atoms with Crippen LogP contribution >= 0.6 is 0 Å². The van der Waals surface area contributed by atoms with Crippen molar-refractivity contribution in [3.8, 4) is 0 Å². The first-order valence-electron chi connectivity index (χ1n) is 3.22. The quantitative estimate of drug-likeness (QED) is 0.313. The maximum Gasteiger partial charge on any atom is 0.122 e. The normalized spacial score (nSPS) is 17.3. The van der Waals surface area contributed by atoms with E-state index in [0.717, 1.165) is 0 Å². The van der Waals surface area contributed by atoms with E-state index in [1.165, 1.54) is 0 Å². The molecular weight excluding hydrogens is 217 g/mol. The zero-order chi connectivity index (χ0) is 8.85. The van der Waals surface area contributed by atoms with Crippen LogP contribution in [0, 0.1) is 0 Å². The zero-order valence-electron chi connectivity index (χ0n) is 6.63. The average Bonchev–Trinajstić information content (AvgIpc) is 2.02. The second-order valence-electron chi connectivity index (χ2n) is 2.21. The van der Waals surface area contributed by atoms with E-state index in [1.54, 1.807) is 0 Å². The SMILES string of the molecule is O=CC[C@@H](O)[C@H](O)[C@H](O)CO.[Zn]. The van der Waals surface area contributed by atoms with Crippen molar-refractivity contribution in [3.63, 3.8) is 0 Å². The third-order valence-electron chi connectivity index (χ3n) is 1.31. The Morgan fingerprint density at radius 2 is 1.67 bits per heavy atom. The summed E-state index contributed by atoms with van der Waals surface area (Å²) in [7, 11) is 0. The number of hydrogen-bond acceptors (Lipinski definition) is 5. The fourth-order valence-electron chi connectivity index (χ4n) is 0.602. The topological polar surface area (TPSA) is 98.0 Å². The summed E-state index contributed by atoms with van der Waals surface area (Å²) < 4.78 is 0. The second-order valence-corrected chi connectivity index (χ2v) is 2.21. The first kappa shape index (κ1) is 14.6. The Morgan fingerprint density at radius 1 is 1.17 bits per heavy atom. The Hall–Kier alpha value is 0.133. The Balaban J connectivity index is 0. The molecule has 0 aliphatic heterocycles. The van der Waals surface area contributed by atoms with Crippen LogP contribution in [-0.4, -0.2) is 51.6 Å². The Morgan fingerprint density at radius 3 is 2.00 bits per heavy atom. The molecule has 12 heavy (non-hydrogen) atoms. The van der Waals surface area contributed by atoms with E-state index in [-0.39, 0.29) is 25.9 Å². The van der Waals surface area contributed by atoms with Gasteiger partial charge in [-0.25, -0.2) is 0 Å². The fourth-order valence-corrected chi connectivity index (χ4v) is 0.602. The number of aliphatic hydroxyl groups is 4. The maximum atomic E-state index is 9.82. The van der Waals surface area contributed by atoms with Crippen molar-refractivity contribution in [2.75, 3.05) is 6.61 Å². The molecule has 0 saturated heterocycles. The third-order valence-corrected chi connectivity index (χ3v) is 1.31. The van der Waals surface area contributed by atoms with E-state index in [2.05, 4.69) is 0 Å². The zero-order valence-corrected chi connectivity index (χ0v) is 9.59. The van der Waals surface area contributed by atoms with E-state index >= 15 is 0 Å². The Bertz CT molecular complexity index is 121. The molecule has 0 heterocycles. The van der Waals surface area contributed by atoms with Crippen LogP contribution in [0.1, 0.15) is 6.42 Å². The monoisotopic (exact) mass is 228 g/mol. The molecule has 0 fully saturated rings. The molecular formula is C6H12O5Zn. The predicted octanol–water partition coefficient (Wildman–Crippen LogP) is -2.35. The summed E-state index contributed by atoms with van der Waals surface area (Å²) >= 11 is 0. The minimum atomic E-state index is -1.47. The summed E-state index contributed by atoms with van der Waals surface area (Å²) in [6, 6.07) is 0. The molecule has 6 heteroatoms. The van der Waals surface area contributed by atoms with Gasteiger partial charge in [-0.05, 0) is 0 Å². The number of hydrogen-bond donors (Lipinski definition) is 4. The molecule has 4 N–H and O–H groups in total. The van der Waals surface area contributed by atoms with Crippen LogP contribution in [0.4, 0.5) is 0 Å². The average molecular weight is 230 g/mol. The van der Waals surface area contributed by atoms with Crippen molar-refractivity contribution in [1.82, 2.24) is 0 Å². The number of carbonyl (C=O) groups excluding carboxylic acids is 1. The summed E-state index contributed by atoms with van der Waals surface area (Å²) in [6.45, 7) is -0.642. The molecule has 0 aromatic rings. The molecule has 0 amide bonds. The molecule has 0 saturated carbocycles. The van der Waals surface area contributed by atoms with Crippen molar-refractivity contribution in [2.45, 2.75) is 24.7 Å². The van der Waals surface area contributed by atoms with Gasteiger partial charge in [-0.3, -0.25) is 0 Å². The van der Waals surface area contributed by atoms with E-state index in [1.807, 2.05) is 0 Å². The first-order valence-corrected chi connectivity index (χ1v) is 3.22. The summed E-state index contributed by atoms with van der Waals surface area (Å²) in [5.41, 5.74) is 0. The van der Waals surface area contributed by atoms with Crippen LogP contribution in [0.3, 0.4) is 0 Å². The minimum absolute atomic E-state index is 0. The van der Waals surface area contributed by atoms with Gasteiger partial charge in [-0.2, -0.15) is 0 Å². The van der Waals surface area contributed by atoms with Crippen LogP contribution in [0.25, 0.3) is 0 Å². The van der Waals surface area contributed by atoms with Crippen molar-refractivity contribution in [3.05, 3.63) is 0 Å². The van der Waals surface area contributed by atoms with Gasteiger partial charge in [0.2, 0.25) is 0 Å². The molecule has 0 bridgehead atoms. The van der Waals surface area contributed by atoms with E-state index < -0.39 is 24.9 Å². The second kappa shape index (κ2) is 7.77. The summed E-state index contributed by atoms with van der Waals surface area (Å²) in [5, 5.41) is 34.8. The van der Waals surface area contributed by atoms with Gasteiger partial charge in [0.15, 0.2) is 0 Å². The van der Waals surface area contributed by atoms with Crippen LogP contribution in [-0.2, 0) is 24.3 Å². The molecule has 0 aromatic heterocycles. The number of aldehydes is 1. The van der Waals surface area contributed by atoms with Crippen molar-refractivity contribution >= 4 is 6.29 Å². The van der Waals surface area contributed by atoms with Gasteiger partial charge in [0, 0.05) is 25.9 Å². The molecule has 68 valence electrons. The van der Waals surface area contributed by atoms with Crippen LogP contribution in [0.2, 0.25) is 0 Å². The van der Waals surface area contributed by atoms with Crippen molar-refractivity contribution in [2.24, 2.45) is 0 Å². The molecule has 3 atom stereocenters. The van der Waals surface area contributed by atoms with Gasteiger partial charge in [0.1, 0.15) is 18.5 Å².